The number of carbonyl (C=O) groups is 4. The van der Waals surface area contributed by atoms with Gasteiger partial charge in [-0.05, 0) is 73.9 Å². The summed E-state index contributed by atoms with van der Waals surface area (Å²) in [6, 6.07) is 11.3. The average Bonchev–Trinajstić information content (AvgIpc) is 3.10. The van der Waals surface area contributed by atoms with Gasteiger partial charge in [-0.1, -0.05) is 40.2 Å². The number of hydrogen-bond acceptors (Lipinski definition) is 6. The van der Waals surface area contributed by atoms with Gasteiger partial charge in [-0.2, -0.15) is 0 Å². The molecule has 264 valence electrons. The van der Waals surface area contributed by atoms with Crippen molar-refractivity contribution in [2.24, 2.45) is 0 Å². The minimum absolute atomic E-state index is 0.0316. The Morgan fingerprint density at radius 1 is 0.918 bits per heavy atom. The number of carboxylic acid groups (broad SMARTS) is 1. The van der Waals surface area contributed by atoms with Gasteiger partial charge in [-0.15, -0.1) is 0 Å². The molecule has 3 saturated heterocycles. The molecule has 13 heteroatoms. The van der Waals surface area contributed by atoms with Crippen LogP contribution in [0.5, 0.6) is 0 Å². The van der Waals surface area contributed by atoms with Gasteiger partial charge in [-0.25, -0.2) is 9.59 Å². The highest BCUT2D eigenvalue weighted by Gasteiger charge is 2.36. The monoisotopic (exact) mass is 737 g/mol. The van der Waals surface area contributed by atoms with Crippen molar-refractivity contribution in [1.82, 2.24) is 29.8 Å². The number of rotatable bonds is 8. The van der Waals surface area contributed by atoms with E-state index in [0.717, 1.165) is 71.4 Å². The minimum Gasteiger partial charge on any atom is -0.480 e. The molecule has 12 nitrogen and oxygen atoms in total. The van der Waals surface area contributed by atoms with Gasteiger partial charge in [0.05, 0.1) is 6.54 Å². The zero-order valence-electron chi connectivity index (χ0n) is 28.5. The van der Waals surface area contributed by atoms with Crippen molar-refractivity contribution >= 4 is 45.6 Å². The van der Waals surface area contributed by atoms with E-state index in [9.17, 15) is 19.2 Å². The lowest BCUT2D eigenvalue weighted by Gasteiger charge is -2.43. The minimum atomic E-state index is -0.794. The summed E-state index contributed by atoms with van der Waals surface area (Å²) >= 11 is 3.67. The number of hydrogen-bond donors (Lipinski definition) is 3. The molecule has 3 N–H and O–H groups in total. The molecular weight excluding hydrogens is 690 g/mol. The predicted octanol–water partition coefficient (Wildman–Crippen LogP) is 3.89. The molecule has 4 aliphatic rings. The fraction of sp³-hybridized carbons (Fsp3) is 0.556. The average molecular weight is 739 g/mol. The number of benzene rings is 2. The number of piperidine rings is 2. The molecule has 2 aromatic carbocycles. The summed E-state index contributed by atoms with van der Waals surface area (Å²) in [5, 5.41) is 15.2. The lowest BCUT2D eigenvalue weighted by Crippen LogP contribution is -2.58. The van der Waals surface area contributed by atoms with Crippen LogP contribution < -0.4 is 10.6 Å². The van der Waals surface area contributed by atoms with Crippen LogP contribution in [0.2, 0.25) is 0 Å². The van der Waals surface area contributed by atoms with Crippen LogP contribution >= 0.6 is 15.9 Å². The first-order valence-corrected chi connectivity index (χ1v) is 18.3. The number of nitrogens with one attached hydrogen (secondary N) is 2. The summed E-state index contributed by atoms with van der Waals surface area (Å²) in [5.41, 5.74) is 5.20. The Bertz CT molecular complexity index is 1520. The van der Waals surface area contributed by atoms with Crippen LogP contribution in [0.25, 0.3) is 0 Å². The summed E-state index contributed by atoms with van der Waals surface area (Å²) in [5.74, 6) is -0.858. The number of aryl methyl sites for hydroxylation is 1. The topological polar surface area (TPSA) is 129 Å². The predicted molar refractivity (Wildman–Crippen MR) is 190 cm³/mol. The second-order valence-corrected chi connectivity index (χ2v) is 14.8. The maximum absolute atomic E-state index is 14.1. The molecule has 4 heterocycles. The Labute approximate surface area is 296 Å². The molecule has 0 aromatic heterocycles. The van der Waals surface area contributed by atoms with Gasteiger partial charge in [0, 0.05) is 87.6 Å². The number of fused-ring (bicyclic) bond motifs is 1. The molecule has 5 amide bonds. The first-order chi connectivity index (χ1) is 23.5. The van der Waals surface area contributed by atoms with E-state index in [1.807, 2.05) is 45.0 Å². The van der Waals surface area contributed by atoms with Crippen LogP contribution in [0.4, 0.5) is 15.3 Å². The number of aliphatic carboxylic acids is 1. The number of urea groups is 2. The first kappa shape index (κ1) is 35.2. The SMILES string of the molecule is Cc1cc(CC(NC(=O)N2CCC(N3Cc4ccccc4NC3=O)CC2)C(=O)N2CCC(N3CCN(CC(=O)O)CC3)CC2)cc(Br)c1C. The number of halogens is 1. The molecule has 1 unspecified atom stereocenters. The second-order valence-electron chi connectivity index (χ2n) is 13.9. The smallest absolute Gasteiger partial charge is 0.322 e. The highest BCUT2D eigenvalue weighted by atomic mass is 79.9. The van der Waals surface area contributed by atoms with Crippen molar-refractivity contribution in [2.75, 3.05) is 64.2 Å². The van der Waals surface area contributed by atoms with E-state index in [-0.39, 0.29) is 30.6 Å². The van der Waals surface area contributed by atoms with Gasteiger partial charge in [-0.3, -0.25) is 19.4 Å². The van der Waals surface area contributed by atoms with E-state index in [2.05, 4.69) is 51.4 Å². The molecule has 1 atom stereocenters. The van der Waals surface area contributed by atoms with E-state index in [1.165, 1.54) is 0 Å². The van der Waals surface area contributed by atoms with Gasteiger partial charge >= 0.3 is 18.0 Å². The van der Waals surface area contributed by atoms with E-state index >= 15 is 0 Å². The Balaban J connectivity index is 1.07. The van der Waals surface area contributed by atoms with E-state index in [4.69, 9.17) is 5.11 Å². The number of nitrogens with zero attached hydrogens (tertiary/aromatic N) is 5. The van der Waals surface area contributed by atoms with Crippen LogP contribution in [0, 0.1) is 13.8 Å². The maximum atomic E-state index is 14.1. The largest absolute Gasteiger partial charge is 0.480 e. The third-order valence-electron chi connectivity index (χ3n) is 10.8. The molecule has 0 radical (unpaired) electrons. The van der Waals surface area contributed by atoms with Gasteiger partial charge in [0.15, 0.2) is 0 Å². The molecule has 0 bridgehead atoms. The third kappa shape index (κ3) is 8.38. The van der Waals surface area contributed by atoms with Crippen molar-refractivity contribution in [1.29, 1.82) is 0 Å². The van der Waals surface area contributed by atoms with Crippen LogP contribution in [0.15, 0.2) is 40.9 Å². The summed E-state index contributed by atoms with van der Waals surface area (Å²) in [6.45, 7) is 10.1. The normalized spacial score (nSPS) is 20.5. The number of carboxylic acids is 1. The quantitative estimate of drug-likeness (QED) is 0.375. The molecular formula is C36H48BrN7O5. The number of piperazine rings is 1. The molecule has 2 aromatic rings. The summed E-state index contributed by atoms with van der Waals surface area (Å²) in [6.07, 6.45) is 3.43. The van der Waals surface area contributed by atoms with Crippen molar-refractivity contribution in [3.05, 3.63) is 63.1 Å². The molecule has 0 saturated carbocycles. The zero-order valence-corrected chi connectivity index (χ0v) is 30.1. The van der Waals surface area contributed by atoms with Crippen LogP contribution in [0.1, 0.15) is 47.9 Å². The van der Waals surface area contributed by atoms with Crippen LogP contribution in [-0.4, -0.2) is 131 Å². The van der Waals surface area contributed by atoms with Crippen molar-refractivity contribution in [2.45, 2.75) is 70.6 Å². The maximum Gasteiger partial charge on any atom is 0.322 e. The van der Waals surface area contributed by atoms with E-state index in [1.54, 1.807) is 4.90 Å². The third-order valence-corrected chi connectivity index (χ3v) is 11.6. The molecule has 3 fully saturated rings. The first-order valence-electron chi connectivity index (χ1n) is 17.5. The van der Waals surface area contributed by atoms with Crippen molar-refractivity contribution in [3.63, 3.8) is 0 Å². The highest BCUT2D eigenvalue weighted by molar-refractivity contribution is 9.10. The molecule has 4 aliphatic heterocycles. The fourth-order valence-corrected chi connectivity index (χ4v) is 8.34. The standard InChI is InChI=1S/C36H48BrN7O5/c1-24-19-26(20-30(37)25(24)2)21-32(34(47)42-11-7-28(8-12-42)41-17-15-40(16-18-41)23-33(45)46)39-35(48)43-13-9-29(10-14-43)44-22-27-5-3-4-6-31(27)38-36(44)49/h3-6,19-20,28-29,32H,7-18,21-23H2,1-2H3,(H,38,49)(H,39,48)(H,45,46). The number of amides is 5. The number of para-hydroxylation sites is 1. The lowest BCUT2D eigenvalue weighted by atomic mass is 9.98. The summed E-state index contributed by atoms with van der Waals surface area (Å²) in [4.78, 5) is 61.8. The Morgan fingerprint density at radius 3 is 2.24 bits per heavy atom. The number of anilines is 1. The second kappa shape index (κ2) is 15.5. The lowest BCUT2D eigenvalue weighted by molar-refractivity contribution is -0.138. The van der Waals surface area contributed by atoms with Gasteiger partial charge in [0.1, 0.15) is 6.04 Å². The van der Waals surface area contributed by atoms with Crippen LogP contribution in [0.3, 0.4) is 0 Å². The van der Waals surface area contributed by atoms with Crippen molar-refractivity contribution < 1.29 is 24.3 Å². The van der Waals surface area contributed by atoms with Gasteiger partial charge in [0.2, 0.25) is 5.91 Å². The molecule has 0 aliphatic carbocycles. The summed E-state index contributed by atoms with van der Waals surface area (Å²) in [7, 11) is 0. The molecule has 0 spiro atoms. The zero-order chi connectivity index (χ0) is 34.7. The van der Waals surface area contributed by atoms with Gasteiger partial charge < -0.3 is 30.4 Å². The Morgan fingerprint density at radius 2 is 1.57 bits per heavy atom. The van der Waals surface area contributed by atoms with Crippen LogP contribution in [-0.2, 0) is 22.6 Å². The van der Waals surface area contributed by atoms with Crippen molar-refractivity contribution in [3.8, 4) is 0 Å². The number of likely N-dealkylation sites (tertiary alicyclic amines) is 2. The Kier molecular flexibility index (Phi) is 11.1. The molecule has 6 rings (SSSR count). The summed E-state index contributed by atoms with van der Waals surface area (Å²) < 4.78 is 0.982. The highest BCUT2D eigenvalue weighted by Crippen LogP contribution is 2.28. The Hall–Kier alpha value is -3.68. The fourth-order valence-electron chi connectivity index (χ4n) is 7.73. The molecule has 49 heavy (non-hydrogen) atoms. The van der Waals surface area contributed by atoms with E-state index < -0.39 is 12.0 Å². The van der Waals surface area contributed by atoms with Gasteiger partial charge in [0.25, 0.3) is 0 Å². The number of carbonyl (C=O) groups excluding carboxylic acids is 3. The van der Waals surface area contributed by atoms with E-state index in [0.29, 0.717) is 58.0 Å².